The van der Waals surface area contributed by atoms with E-state index in [0.29, 0.717) is 0 Å². The number of hydrogen-bond donors (Lipinski definition) is 4. The van der Waals surface area contributed by atoms with Crippen LogP contribution in [0.15, 0.2) is 0 Å². The number of carbonyl (C=O) groups excluding carboxylic acids is 4. The summed E-state index contributed by atoms with van der Waals surface area (Å²) in [5, 5.41) is 36.2. The fourth-order valence-electron chi connectivity index (χ4n) is 1.39. The lowest BCUT2D eigenvalue weighted by Gasteiger charge is -2.27. The lowest BCUT2D eigenvalue weighted by atomic mass is 10.2. The highest BCUT2D eigenvalue weighted by atomic mass is 16.7. The second-order valence-corrected chi connectivity index (χ2v) is 4.11. The van der Waals surface area contributed by atoms with Crippen LogP contribution in [-0.2, 0) is 33.4 Å². The van der Waals surface area contributed by atoms with Gasteiger partial charge in [0.05, 0.1) is 13.2 Å². The second-order valence-electron chi connectivity index (χ2n) is 4.11. The summed E-state index contributed by atoms with van der Waals surface area (Å²) < 4.78 is 14.3. The van der Waals surface area contributed by atoms with Crippen LogP contribution < -0.4 is 0 Å². The van der Waals surface area contributed by atoms with Gasteiger partial charge in [-0.1, -0.05) is 0 Å². The van der Waals surface area contributed by atoms with Crippen LogP contribution in [0.2, 0.25) is 0 Å². The van der Waals surface area contributed by atoms with Gasteiger partial charge in [-0.15, -0.1) is 0 Å². The Kier molecular flexibility index (Phi) is 11.1. The van der Waals surface area contributed by atoms with Crippen molar-refractivity contribution in [2.45, 2.75) is 37.0 Å². The third-order valence-electron chi connectivity index (χ3n) is 2.52. The molecule has 0 saturated carbocycles. The molecule has 0 amide bonds. The zero-order valence-electron chi connectivity index (χ0n) is 11.8. The molecule has 0 aliphatic rings. The van der Waals surface area contributed by atoms with E-state index in [4.69, 9.17) is 24.8 Å². The van der Waals surface area contributed by atoms with Crippen molar-refractivity contribution in [2.24, 2.45) is 0 Å². The first-order valence-electron chi connectivity index (χ1n) is 6.32. The van der Waals surface area contributed by atoms with Crippen LogP contribution in [0.1, 0.15) is 0 Å². The molecule has 6 atom stereocenters. The minimum Gasteiger partial charge on any atom is -0.394 e. The highest BCUT2D eigenvalue weighted by Gasteiger charge is 2.30. The van der Waals surface area contributed by atoms with Gasteiger partial charge in [-0.3, -0.25) is 9.59 Å². The second kappa shape index (κ2) is 11.9. The molecule has 0 aromatic heterocycles. The van der Waals surface area contributed by atoms with Crippen LogP contribution in [0.5, 0.6) is 0 Å². The summed E-state index contributed by atoms with van der Waals surface area (Å²) in [4.78, 5) is 42.5. The lowest BCUT2D eigenvalue weighted by Crippen LogP contribution is -2.44. The number of rotatable bonds is 14. The number of aliphatic hydroxyl groups excluding tert-OH is 4. The van der Waals surface area contributed by atoms with Crippen molar-refractivity contribution in [1.82, 2.24) is 0 Å². The van der Waals surface area contributed by atoms with Crippen molar-refractivity contribution in [1.29, 1.82) is 0 Å². The largest absolute Gasteiger partial charge is 0.394 e. The van der Waals surface area contributed by atoms with Gasteiger partial charge in [0.25, 0.3) is 0 Å². The van der Waals surface area contributed by atoms with E-state index in [-0.39, 0.29) is 25.1 Å². The molecule has 0 heterocycles. The number of hydrogen-bond acceptors (Lipinski definition) is 11. The lowest BCUT2D eigenvalue weighted by molar-refractivity contribution is -0.230. The summed E-state index contributed by atoms with van der Waals surface area (Å²) in [6.07, 6.45) is -9.89. The molecule has 0 aromatic rings. The van der Waals surface area contributed by atoms with Crippen molar-refractivity contribution >= 4 is 25.1 Å². The van der Waals surface area contributed by atoms with Crippen molar-refractivity contribution < 1.29 is 53.8 Å². The maximum absolute atomic E-state index is 11.0. The number of ether oxygens (including phenoxy) is 3. The summed E-state index contributed by atoms with van der Waals surface area (Å²) >= 11 is 0. The van der Waals surface area contributed by atoms with Gasteiger partial charge in [-0.05, 0) is 0 Å². The van der Waals surface area contributed by atoms with Gasteiger partial charge in [-0.25, -0.2) is 0 Å². The molecular weight excluding hydrogens is 320 g/mol. The zero-order valence-corrected chi connectivity index (χ0v) is 11.8. The van der Waals surface area contributed by atoms with Gasteiger partial charge in [0.2, 0.25) is 12.6 Å². The van der Waals surface area contributed by atoms with E-state index in [1.165, 1.54) is 0 Å². The minimum atomic E-state index is -1.93. The van der Waals surface area contributed by atoms with E-state index in [1.54, 1.807) is 0 Å². The standard InChI is InChI=1S/C12H18O11/c13-1-7(19)8(2-14)22-12(6-18)23-10(4-16)9(3-15)21-11(20)5-17/h1,4-12,14-15,19-20H,2-3H2. The molecule has 0 bridgehead atoms. The molecular formula is C12H18O11. The monoisotopic (exact) mass is 338 g/mol. The van der Waals surface area contributed by atoms with Crippen molar-refractivity contribution in [2.75, 3.05) is 13.2 Å². The van der Waals surface area contributed by atoms with Gasteiger partial charge in [-0.2, -0.15) is 0 Å². The molecule has 23 heavy (non-hydrogen) atoms. The number of aldehydes is 4. The van der Waals surface area contributed by atoms with E-state index in [2.05, 4.69) is 4.74 Å². The average molecular weight is 338 g/mol. The number of carbonyl (C=O) groups is 4. The summed E-state index contributed by atoms with van der Waals surface area (Å²) in [7, 11) is 0. The van der Waals surface area contributed by atoms with Crippen LogP contribution in [-0.4, -0.2) is 95.8 Å². The van der Waals surface area contributed by atoms with Gasteiger partial charge in [0.1, 0.15) is 24.4 Å². The summed E-state index contributed by atoms with van der Waals surface area (Å²) in [5.74, 6) is 0. The van der Waals surface area contributed by atoms with E-state index in [1.807, 2.05) is 0 Å². The van der Waals surface area contributed by atoms with Crippen LogP contribution >= 0.6 is 0 Å². The Morgan fingerprint density at radius 1 is 0.739 bits per heavy atom. The molecule has 132 valence electrons. The highest BCUT2D eigenvalue weighted by Crippen LogP contribution is 2.10. The highest BCUT2D eigenvalue weighted by molar-refractivity contribution is 5.60. The van der Waals surface area contributed by atoms with E-state index in [0.717, 1.165) is 0 Å². The fourth-order valence-corrected chi connectivity index (χ4v) is 1.39. The summed E-state index contributed by atoms with van der Waals surface area (Å²) in [5.41, 5.74) is 0. The van der Waals surface area contributed by atoms with Gasteiger partial charge >= 0.3 is 0 Å². The molecule has 11 heteroatoms. The zero-order chi connectivity index (χ0) is 17.8. The van der Waals surface area contributed by atoms with Crippen LogP contribution in [0.4, 0.5) is 0 Å². The van der Waals surface area contributed by atoms with Crippen LogP contribution in [0.25, 0.3) is 0 Å². The quantitative estimate of drug-likeness (QED) is 0.179. The first kappa shape index (κ1) is 21.4. The Balaban J connectivity index is 4.88. The maximum atomic E-state index is 11.0. The van der Waals surface area contributed by atoms with E-state index in [9.17, 15) is 24.3 Å². The van der Waals surface area contributed by atoms with Gasteiger partial charge in [0.15, 0.2) is 25.1 Å². The van der Waals surface area contributed by atoms with E-state index < -0.39 is 50.2 Å². The molecule has 0 aliphatic carbocycles. The minimum absolute atomic E-state index is 0.0134. The molecule has 0 rings (SSSR count). The summed E-state index contributed by atoms with van der Waals surface area (Å²) in [6.45, 7) is -1.68. The maximum Gasteiger partial charge on any atom is 0.215 e. The van der Waals surface area contributed by atoms with Crippen molar-refractivity contribution in [3.05, 3.63) is 0 Å². The molecule has 6 unspecified atom stereocenters. The van der Waals surface area contributed by atoms with Crippen LogP contribution in [0.3, 0.4) is 0 Å². The first-order chi connectivity index (χ1) is 11.0. The molecule has 0 fully saturated rings. The Morgan fingerprint density at radius 3 is 1.74 bits per heavy atom. The SMILES string of the molecule is O=CC(O)OC(CO)C(C=O)OC(C=O)OC(CO)C(O)C=O. The first-order valence-corrected chi connectivity index (χ1v) is 6.32. The predicted octanol–water partition coefficient (Wildman–Crippen LogP) is -4.07. The smallest absolute Gasteiger partial charge is 0.215 e. The van der Waals surface area contributed by atoms with Crippen molar-refractivity contribution in [3.63, 3.8) is 0 Å². The van der Waals surface area contributed by atoms with Crippen molar-refractivity contribution in [3.8, 4) is 0 Å². The van der Waals surface area contributed by atoms with Gasteiger partial charge < -0.3 is 44.2 Å². The third kappa shape index (κ3) is 7.47. The summed E-state index contributed by atoms with van der Waals surface area (Å²) in [6, 6.07) is 0. The number of aliphatic hydroxyl groups is 4. The molecule has 0 radical (unpaired) electrons. The fraction of sp³-hybridized carbons (Fsp3) is 0.667. The van der Waals surface area contributed by atoms with Crippen LogP contribution in [0, 0.1) is 0 Å². The Hall–Kier alpha value is -1.60. The molecule has 11 nitrogen and oxygen atoms in total. The Morgan fingerprint density at radius 2 is 1.35 bits per heavy atom. The predicted molar refractivity (Wildman–Crippen MR) is 68.8 cm³/mol. The molecule has 0 aromatic carbocycles. The Labute approximate surface area is 130 Å². The topological polar surface area (TPSA) is 177 Å². The normalized spacial score (nSPS) is 19.0. The van der Waals surface area contributed by atoms with E-state index >= 15 is 0 Å². The molecule has 0 spiro atoms. The molecule has 0 saturated heterocycles. The molecule has 4 N–H and O–H groups in total. The average Bonchev–Trinajstić information content (AvgIpc) is 2.59. The molecule has 0 aliphatic heterocycles. The Bertz CT molecular complexity index is 374. The third-order valence-corrected chi connectivity index (χ3v) is 2.52. The van der Waals surface area contributed by atoms with Gasteiger partial charge in [0, 0.05) is 0 Å².